The molecule has 3 rings (SSSR count). The van der Waals surface area contributed by atoms with Gasteiger partial charge >= 0.3 is 0 Å². The van der Waals surface area contributed by atoms with Gasteiger partial charge < -0.3 is 19.5 Å². The van der Waals surface area contributed by atoms with Crippen molar-refractivity contribution in [1.29, 1.82) is 0 Å². The van der Waals surface area contributed by atoms with E-state index in [1.807, 2.05) is 19.9 Å². The van der Waals surface area contributed by atoms with E-state index in [2.05, 4.69) is 20.4 Å². The number of hydrogen-bond donors (Lipinski definition) is 1. The predicted molar refractivity (Wildman–Crippen MR) is 87.1 cm³/mol. The monoisotopic (exact) mass is 331 g/mol. The highest BCUT2D eigenvalue weighted by Gasteiger charge is 2.29. The number of aryl methyl sites for hydroxylation is 2. The minimum Gasteiger partial charge on any atom is -0.375 e. The fourth-order valence-electron chi connectivity index (χ4n) is 2.81. The zero-order chi connectivity index (χ0) is 17.1. The SMILES string of the molecule is COCC(=O)N1CCC(c2nc(C)cc(Nc3cc(C)on3)n2)C1. The molecule has 3 heterocycles. The number of methoxy groups -OCH3 is 1. The number of anilines is 2. The number of carbonyl (C=O) groups is 1. The molecular weight excluding hydrogens is 310 g/mol. The highest BCUT2D eigenvalue weighted by molar-refractivity contribution is 5.77. The molecule has 1 unspecified atom stereocenters. The number of nitrogens with one attached hydrogen (secondary N) is 1. The predicted octanol–water partition coefficient (Wildman–Crippen LogP) is 1.79. The van der Waals surface area contributed by atoms with E-state index in [4.69, 9.17) is 9.26 Å². The molecule has 1 aliphatic rings. The number of likely N-dealkylation sites (tertiary alicyclic amines) is 1. The molecule has 0 spiro atoms. The molecule has 1 aliphatic heterocycles. The molecule has 8 heteroatoms. The third-order valence-corrected chi connectivity index (χ3v) is 3.93. The molecule has 8 nitrogen and oxygen atoms in total. The minimum absolute atomic E-state index is 0.00377. The van der Waals surface area contributed by atoms with Gasteiger partial charge in [0.25, 0.3) is 0 Å². The molecule has 0 radical (unpaired) electrons. The lowest BCUT2D eigenvalue weighted by Gasteiger charge is -2.16. The van der Waals surface area contributed by atoms with Crippen LogP contribution in [0.1, 0.15) is 29.6 Å². The van der Waals surface area contributed by atoms with E-state index >= 15 is 0 Å². The molecule has 2 aromatic heterocycles. The van der Waals surface area contributed by atoms with E-state index in [0.717, 1.165) is 23.7 Å². The van der Waals surface area contributed by atoms with Crippen molar-refractivity contribution in [3.8, 4) is 0 Å². The van der Waals surface area contributed by atoms with Crippen LogP contribution in [-0.2, 0) is 9.53 Å². The van der Waals surface area contributed by atoms with Crippen LogP contribution < -0.4 is 5.32 Å². The maximum absolute atomic E-state index is 11.9. The summed E-state index contributed by atoms with van der Waals surface area (Å²) in [5.74, 6) is 2.89. The van der Waals surface area contributed by atoms with Gasteiger partial charge in [-0.2, -0.15) is 0 Å². The lowest BCUT2D eigenvalue weighted by Crippen LogP contribution is -2.31. The summed E-state index contributed by atoms with van der Waals surface area (Å²) in [6.07, 6.45) is 0.849. The van der Waals surface area contributed by atoms with Crippen molar-refractivity contribution in [3.05, 3.63) is 29.4 Å². The minimum atomic E-state index is 0.00377. The molecule has 1 amide bonds. The summed E-state index contributed by atoms with van der Waals surface area (Å²) in [6, 6.07) is 3.66. The first kappa shape index (κ1) is 16.4. The Morgan fingerprint density at radius 3 is 2.92 bits per heavy atom. The Morgan fingerprint density at radius 2 is 2.21 bits per heavy atom. The third-order valence-electron chi connectivity index (χ3n) is 3.93. The van der Waals surface area contributed by atoms with Crippen molar-refractivity contribution in [2.24, 2.45) is 0 Å². The van der Waals surface area contributed by atoms with Crippen LogP contribution in [-0.4, -0.2) is 52.7 Å². The van der Waals surface area contributed by atoms with Crippen LogP contribution in [0.15, 0.2) is 16.7 Å². The Kier molecular flexibility index (Phi) is 4.75. The van der Waals surface area contributed by atoms with Crippen LogP contribution in [0.25, 0.3) is 0 Å². The number of aromatic nitrogens is 3. The van der Waals surface area contributed by atoms with Crippen LogP contribution in [0, 0.1) is 13.8 Å². The highest BCUT2D eigenvalue weighted by Crippen LogP contribution is 2.26. The van der Waals surface area contributed by atoms with Gasteiger partial charge in [-0.15, -0.1) is 0 Å². The summed E-state index contributed by atoms with van der Waals surface area (Å²) < 4.78 is 9.96. The summed E-state index contributed by atoms with van der Waals surface area (Å²) in [7, 11) is 1.53. The lowest BCUT2D eigenvalue weighted by atomic mass is 10.1. The van der Waals surface area contributed by atoms with Crippen molar-refractivity contribution in [2.45, 2.75) is 26.2 Å². The van der Waals surface area contributed by atoms with E-state index in [1.165, 1.54) is 7.11 Å². The van der Waals surface area contributed by atoms with Crippen molar-refractivity contribution >= 4 is 17.5 Å². The zero-order valence-corrected chi connectivity index (χ0v) is 14.1. The molecule has 24 heavy (non-hydrogen) atoms. The van der Waals surface area contributed by atoms with Crippen molar-refractivity contribution < 1.29 is 14.1 Å². The Bertz CT molecular complexity index is 730. The summed E-state index contributed by atoms with van der Waals surface area (Å²) in [5.41, 5.74) is 0.865. The van der Waals surface area contributed by atoms with Crippen LogP contribution >= 0.6 is 0 Å². The van der Waals surface area contributed by atoms with Gasteiger partial charge in [-0.1, -0.05) is 5.16 Å². The highest BCUT2D eigenvalue weighted by atomic mass is 16.5. The Balaban J connectivity index is 1.73. The molecule has 1 saturated heterocycles. The number of amides is 1. The molecule has 0 saturated carbocycles. The van der Waals surface area contributed by atoms with Gasteiger partial charge in [0, 0.05) is 43.9 Å². The smallest absolute Gasteiger partial charge is 0.248 e. The van der Waals surface area contributed by atoms with Gasteiger partial charge in [-0.05, 0) is 20.3 Å². The van der Waals surface area contributed by atoms with E-state index in [0.29, 0.717) is 24.7 Å². The first-order valence-corrected chi connectivity index (χ1v) is 7.88. The average Bonchev–Trinajstić information content (AvgIpc) is 3.16. The van der Waals surface area contributed by atoms with Gasteiger partial charge in [0.2, 0.25) is 5.91 Å². The van der Waals surface area contributed by atoms with Crippen molar-refractivity contribution in [3.63, 3.8) is 0 Å². The lowest BCUT2D eigenvalue weighted by molar-refractivity contribution is -0.134. The van der Waals surface area contributed by atoms with E-state index in [-0.39, 0.29) is 18.4 Å². The van der Waals surface area contributed by atoms with E-state index < -0.39 is 0 Å². The molecule has 1 atom stereocenters. The number of rotatable bonds is 5. The fourth-order valence-corrected chi connectivity index (χ4v) is 2.81. The van der Waals surface area contributed by atoms with Crippen LogP contribution in [0.4, 0.5) is 11.6 Å². The summed E-state index contributed by atoms with van der Waals surface area (Å²) in [5, 5.41) is 7.04. The van der Waals surface area contributed by atoms with E-state index in [9.17, 15) is 4.79 Å². The Labute approximate surface area is 140 Å². The molecule has 1 N–H and O–H groups in total. The number of nitrogens with zero attached hydrogens (tertiary/aromatic N) is 4. The number of carbonyl (C=O) groups excluding carboxylic acids is 1. The second-order valence-corrected chi connectivity index (χ2v) is 5.96. The molecule has 0 aromatic carbocycles. The quantitative estimate of drug-likeness (QED) is 0.892. The largest absolute Gasteiger partial charge is 0.375 e. The van der Waals surface area contributed by atoms with Crippen molar-refractivity contribution in [2.75, 3.05) is 32.1 Å². The van der Waals surface area contributed by atoms with Crippen molar-refractivity contribution in [1.82, 2.24) is 20.0 Å². The van der Waals surface area contributed by atoms with Crippen LogP contribution in [0.3, 0.4) is 0 Å². The number of hydrogen-bond acceptors (Lipinski definition) is 7. The zero-order valence-electron chi connectivity index (χ0n) is 14.1. The topological polar surface area (TPSA) is 93.4 Å². The molecule has 1 fully saturated rings. The maximum atomic E-state index is 11.9. The molecule has 0 aliphatic carbocycles. The molecule has 128 valence electrons. The first-order valence-electron chi connectivity index (χ1n) is 7.88. The molecule has 0 bridgehead atoms. The van der Waals surface area contributed by atoms with Gasteiger partial charge in [0.05, 0.1) is 0 Å². The summed E-state index contributed by atoms with van der Waals surface area (Å²) >= 11 is 0. The fraction of sp³-hybridized carbons (Fsp3) is 0.500. The second-order valence-electron chi connectivity index (χ2n) is 5.96. The summed E-state index contributed by atoms with van der Waals surface area (Å²) in [4.78, 5) is 22.9. The van der Waals surface area contributed by atoms with Gasteiger partial charge in [-0.3, -0.25) is 4.79 Å². The van der Waals surface area contributed by atoms with Gasteiger partial charge in [-0.25, -0.2) is 9.97 Å². The summed E-state index contributed by atoms with van der Waals surface area (Å²) in [6.45, 7) is 5.19. The number of ether oxygens (including phenoxy) is 1. The van der Waals surface area contributed by atoms with Gasteiger partial charge in [0.15, 0.2) is 5.82 Å². The maximum Gasteiger partial charge on any atom is 0.248 e. The van der Waals surface area contributed by atoms with Crippen LogP contribution in [0.5, 0.6) is 0 Å². The van der Waals surface area contributed by atoms with E-state index in [1.54, 1.807) is 11.0 Å². The average molecular weight is 331 g/mol. The molecule has 2 aromatic rings. The third kappa shape index (κ3) is 3.70. The normalized spacial score (nSPS) is 17.3. The Morgan fingerprint density at radius 1 is 1.38 bits per heavy atom. The Hall–Kier alpha value is -2.48. The van der Waals surface area contributed by atoms with Crippen LogP contribution in [0.2, 0.25) is 0 Å². The van der Waals surface area contributed by atoms with Gasteiger partial charge in [0.1, 0.15) is 24.0 Å². The molecular formula is C16H21N5O3. The second kappa shape index (κ2) is 6.96. The first-order chi connectivity index (χ1) is 11.5. The standard InChI is InChI=1S/C16H21N5O3/c1-10-6-13(18-14-7-11(2)24-20-14)19-16(17-10)12-4-5-21(8-12)15(22)9-23-3/h6-7,12H,4-5,8-9H2,1-3H3,(H,17,18,19,20).